The molecule has 0 N–H and O–H groups in total. The smallest absolute Gasteiger partial charge is 0.236 e. The van der Waals surface area contributed by atoms with Crippen molar-refractivity contribution in [1.29, 1.82) is 0 Å². The summed E-state index contributed by atoms with van der Waals surface area (Å²) in [7, 11) is 0. The van der Waals surface area contributed by atoms with E-state index in [-0.39, 0.29) is 11.8 Å². The summed E-state index contributed by atoms with van der Waals surface area (Å²) in [6.45, 7) is 9.53. The van der Waals surface area contributed by atoms with Gasteiger partial charge in [0.2, 0.25) is 11.8 Å². The fraction of sp³-hybridized carbons (Fsp3) is 0.619. The van der Waals surface area contributed by atoms with Crippen LogP contribution in [0, 0.1) is 11.8 Å². The topological polar surface area (TPSA) is 69.6 Å². The normalized spacial score (nSPS) is 23.1. The van der Waals surface area contributed by atoms with Crippen molar-refractivity contribution >= 4 is 45.1 Å². The van der Waals surface area contributed by atoms with E-state index in [0.717, 1.165) is 41.4 Å². The van der Waals surface area contributed by atoms with Gasteiger partial charge in [-0.2, -0.15) is 0 Å². The summed E-state index contributed by atoms with van der Waals surface area (Å²) < 4.78 is 0. The largest absolute Gasteiger partial charge is 0.341 e. The molecule has 2 aliphatic heterocycles. The molecule has 4 heterocycles. The van der Waals surface area contributed by atoms with Gasteiger partial charge in [0, 0.05) is 44.7 Å². The van der Waals surface area contributed by atoms with Crippen molar-refractivity contribution in [2.45, 2.75) is 25.3 Å². The summed E-state index contributed by atoms with van der Waals surface area (Å²) in [5.74, 6) is 1.90. The van der Waals surface area contributed by atoms with Crippen LogP contribution < -0.4 is 0 Å². The Kier molecular flexibility index (Phi) is 6.90. The molecule has 30 heavy (non-hydrogen) atoms. The summed E-state index contributed by atoms with van der Waals surface area (Å²) in [5, 5.41) is 3.88. The lowest BCUT2D eigenvalue weighted by Crippen LogP contribution is -2.53. The average molecular weight is 448 g/mol. The summed E-state index contributed by atoms with van der Waals surface area (Å²) in [6, 6.07) is 2.01. The first-order chi connectivity index (χ1) is 14.5. The van der Waals surface area contributed by atoms with Crippen molar-refractivity contribution in [3.8, 4) is 0 Å². The van der Waals surface area contributed by atoms with Crippen LogP contribution >= 0.6 is 23.1 Å². The molecule has 2 saturated heterocycles. The van der Waals surface area contributed by atoms with Crippen molar-refractivity contribution in [2.75, 3.05) is 51.6 Å². The molecular formula is C21H29N5O2S2. The Balaban J connectivity index is 1.22. The van der Waals surface area contributed by atoms with Gasteiger partial charge in [0.05, 0.1) is 12.3 Å². The van der Waals surface area contributed by atoms with Gasteiger partial charge in [-0.25, -0.2) is 9.97 Å². The minimum Gasteiger partial charge on any atom is -0.341 e. The minimum absolute atomic E-state index is 0.131. The lowest BCUT2D eigenvalue weighted by molar-refractivity contribution is -0.136. The predicted octanol–water partition coefficient (Wildman–Crippen LogP) is 2.43. The maximum Gasteiger partial charge on any atom is 0.236 e. The van der Waals surface area contributed by atoms with Gasteiger partial charge >= 0.3 is 0 Å². The molecule has 0 aliphatic carbocycles. The highest BCUT2D eigenvalue weighted by atomic mass is 32.2. The lowest BCUT2D eigenvalue weighted by Gasteiger charge is -2.38. The van der Waals surface area contributed by atoms with E-state index in [1.807, 2.05) is 21.2 Å². The third-order valence-corrected chi connectivity index (χ3v) is 7.67. The molecule has 2 aliphatic rings. The third-order valence-electron chi connectivity index (χ3n) is 5.86. The summed E-state index contributed by atoms with van der Waals surface area (Å²) in [6.07, 6.45) is 2.76. The quantitative estimate of drug-likeness (QED) is 0.518. The van der Waals surface area contributed by atoms with Crippen molar-refractivity contribution in [2.24, 2.45) is 11.8 Å². The molecule has 2 aromatic heterocycles. The van der Waals surface area contributed by atoms with Crippen molar-refractivity contribution in [3.05, 3.63) is 17.8 Å². The molecule has 2 atom stereocenters. The monoisotopic (exact) mass is 447 g/mol. The van der Waals surface area contributed by atoms with Crippen LogP contribution in [-0.4, -0.2) is 88.0 Å². The van der Waals surface area contributed by atoms with Crippen LogP contribution in [0.15, 0.2) is 22.8 Å². The fourth-order valence-corrected chi connectivity index (χ4v) is 6.10. The third kappa shape index (κ3) is 5.12. The first-order valence-electron chi connectivity index (χ1n) is 10.6. The molecule has 0 spiro atoms. The summed E-state index contributed by atoms with van der Waals surface area (Å²) in [5.41, 5.74) is 0. The number of hydrogen-bond acceptors (Lipinski definition) is 7. The highest BCUT2D eigenvalue weighted by molar-refractivity contribution is 8.00. The Hall–Kier alpha value is -1.71. The second-order valence-corrected chi connectivity index (χ2v) is 10.4. The van der Waals surface area contributed by atoms with E-state index in [1.165, 1.54) is 18.2 Å². The number of thioether (sulfide) groups is 1. The molecule has 4 rings (SSSR count). The van der Waals surface area contributed by atoms with E-state index in [4.69, 9.17) is 0 Å². The van der Waals surface area contributed by atoms with Gasteiger partial charge in [-0.15, -0.1) is 11.3 Å². The van der Waals surface area contributed by atoms with Crippen LogP contribution in [0.25, 0.3) is 10.2 Å². The highest BCUT2D eigenvalue weighted by Crippen LogP contribution is 2.28. The number of carbonyl (C=O) groups excluding carboxylic acids is 2. The molecule has 7 nitrogen and oxygen atoms in total. The molecule has 9 heteroatoms. The second-order valence-electron chi connectivity index (χ2n) is 8.51. The number of hydrogen-bond donors (Lipinski definition) is 0. The van der Waals surface area contributed by atoms with Crippen LogP contribution in [0.5, 0.6) is 0 Å². The van der Waals surface area contributed by atoms with Crippen LogP contribution in [0.4, 0.5) is 0 Å². The van der Waals surface area contributed by atoms with E-state index in [1.54, 1.807) is 17.7 Å². The number of piperidine rings is 1. The zero-order valence-electron chi connectivity index (χ0n) is 17.6. The number of thiophene rings is 1. The van der Waals surface area contributed by atoms with E-state index in [9.17, 15) is 9.59 Å². The number of piperazine rings is 1. The molecule has 2 fully saturated rings. The van der Waals surface area contributed by atoms with Gasteiger partial charge in [0.25, 0.3) is 0 Å². The molecule has 0 saturated carbocycles. The maximum absolute atomic E-state index is 12.7. The van der Waals surface area contributed by atoms with Gasteiger partial charge < -0.3 is 9.80 Å². The Morgan fingerprint density at radius 3 is 2.53 bits per heavy atom. The number of nitrogens with zero attached hydrogens (tertiary/aromatic N) is 5. The average Bonchev–Trinajstić information content (AvgIpc) is 3.21. The summed E-state index contributed by atoms with van der Waals surface area (Å²) in [4.78, 5) is 41.0. The Labute approximate surface area is 185 Å². The fourth-order valence-electron chi connectivity index (χ4n) is 4.42. The zero-order chi connectivity index (χ0) is 21.1. The predicted molar refractivity (Wildman–Crippen MR) is 121 cm³/mol. The number of amides is 2. The Morgan fingerprint density at radius 1 is 1.07 bits per heavy atom. The van der Waals surface area contributed by atoms with E-state index < -0.39 is 0 Å². The molecule has 0 unspecified atom stereocenters. The first-order valence-corrected chi connectivity index (χ1v) is 12.4. The van der Waals surface area contributed by atoms with E-state index in [2.05, 4.69) is 28.7 Å². The highest BCUT2D eigenvalue weighted by Gasteiger charge is 2.28. The van der Waals surface area contributed by atoms with Gasteiger partial charge in [-0.1, -0.05) is 25.6 Å². The van der Waals surface area contributed by atoms with Gasteiger partial charge in [0.15, 0.2) is 0 Å². The minimum atomic E-state index is 0.131. The summed E-state index contributed by atoms with van der Waals surface area (Å²) >= 11 is 3.06. The molecule has 162 valence electrons. The molecule has 0 radical (unpaired) electrons. The zero-order valence-corrected chi connectivity index (χ0v) is 19.3. The van der Waals surface area contributed by atoms with Gasteiger partial charge in [-0.3, -0.25) is 14.5 Å². The van der Waals surface area contributed by atoms with Crippen molar-refractivity contribution in [3.63, 3.8) is 0 Å². The van der Waals surface area contributed by atoms with E-state index in [0.29, 0.717) is 37.2 Å². The van der Waals surface area contributed by atoms with Crippen LogP contribution in [0.2, 0.25) is 0 Å². The number of rotatable bonds is 5. The van der Waals surface area contributed by atoms with Crippen LogP contribution in [0.1, 0.15) is 20.3 Å². The van der Waals surface area contributed by atoms with Crippen LogP contribution in [0.3, 0.4) is 0 Å². The molecule has 2 amide bonds. The number of likely N-dealkylation sites (tertiary alicyclic amines) is 1. The van der Waals surface area contributed by atoms with Crippen molar-refractivity contribution in [1.82, 2.24) is 24.7 Å². The second kappa shape index (κ2) is 9.62. The number of carbonyl (C=O) groups is 2. The Morgan fingerprint density at radius 2 is 1.80 bits per heavy atom. The van der Waals surface area contributed by atoms with Gasteiger partial charge in [0.1, 0.15) is 16.2 Å². The number of fused-ring (bicyclic) bond motifs is 1. The standard InChI is InChI=1S/C21H29N5O2S2/c1-15-9-16(2)11-26(10-15)18(27)12-24-4-6-25(7-5-24)19(28)13-30-21-17-3-8-29-20(17)22-14-23-21/h3,8,14-16H,4-7,9-13H2,1-2H3/t15-,16+. The maximum atomic E-state index is 12.7. The van der Waals surface area contributed by atoms with E-state index >= 15 is 0 Å². The number of aromatic nitrogens is 2. The SMILES string of the molecule is C[C@@H]1C[C@H](C)CN(C(=O)CN2CCN(C(=O)CSc3ncnc4sccc34)CC2)C1. The Bertz CT molecular complexity index is 886. The molecule has 0 aromatic carbocycles. The molecular weight excluding hydrogens is 418 g/mol. The van der Waals surface area contributed by atoms with Crippen LogP contribution in [-0.2, 0) is 9.59 Å². The van der Waals surface area contributed by atoms with Gasteiger partial charge in [-0.05, 0) is 29.7 Å². The first kappa shape index (κ1) is 21.5. The van der Waals surface area contributed by atoms with Crippen molar-refractivity contribution < 1.29 is 9.59 Å². The molecule has 0 bridgehead atoms. The lowest BCUT2D eigenvalue weighted by atomic mass is 9.92. The molecule has 2 aromatic rings.